The molecule has 0 aliphatic rings. The van der Waals surface area contributed by atoms with Gasteiger partial charge < -0.3 is 14.6 Å². The highest BCUT2D eigenvalue weighted by Crippen LogP contribution is 2.27. The highest BCUT2D eigenvalue weighted by Gasteiger charge is 2.05. The summed E-state index contributed by atoms with van der Waals surface area (Å²) in [4.78, 5) is 1.79. The number of methoxy groups -OCH3 is 2. The first kappa shape index (κ1) is 11.8. The van der Waals surface area contributed by atoms with Crippen LogP contribution in [0.15, 0.2) is 18.2 Å². The van der Waals surface area contributed by atoms with Crippen molar-refractivity contribution in [2.75, 3.05) is 28.0 Å². The molecular formula is C11H17NO3. The standard InChI is InChI=1S/C11H17NO3/c1-12(8-13)7-9-4-5-10(14-2)11(6-9)15-3/h4-6,13H,7-8H2,1-3H3. The van der Waals surface area contributed by atoms with E-state index in [4.69, 9.17) is 14.6 Å². The fraction of sp³-hybridized carbons (Fsp3) is 0.455. The number of nitrogens with zero attached hydrogens (tertiary/aromatic N) is 1. The predicted molar refractivity (Wildman–Crippen MR) is 58.1 cm³/mol. The van der Waals surface area contributed by atoms with E-state index in [-0.39, 0.29) is 6.73 Å². The minimum Gasteiger partial charge on any atom is -0.493 e. The Bertz CT molecular complexity index is 315. The molecule has 0 fully saturated rings. The van der Waals surface area contributed by atoms with Gasteiger partial charge in [0, 0.05) is 6.54 Å². The molecule has 0 unspecified atom stereocenters. The lowest BCUT2D eigenvalue weighted by Gasteiger charge is -2.14. The SMILES string of the molecule is COc1ccc(CN(C)CO)cc1OC. The number of benzene rings is 1. The van der Waals surface area contributed by atoms with Crippen LogP contribution in [0.4, 0.5) is 0 Å². The van der Waals surface area contributed by atoms with E-state index in [9.17, 15) is 0 Å². The number of ether oxygens (including phenoxy) is 2. The van der Waals surface area contributed by atoms with E-state index >= 15 is 0 Å². The van der Waals surface area contributed by atoms with E-state index < -0.39 is 0 Å². The molecule has 0 amide bonds. The Balaban J connectivity index is 2.83. The molecule has 0 heterocycles. The first-order valence-electron chi connectivity index (χ1n) is 4.71. The molecule has 1 rings (SSSR count). The largest absolute Gasteiger partial charge is 0.493 e. The second kappa shape index (κ2) is 5.58. The van der Waals surface area contributed by atoms with E-state index in [2.05, 4.69) is 0 Å². The van der Waals surface area contributed by atoms with Gasteiger partial charge in [0.1, 0.15) is 0 Å². The molecule has 1 N–H and O–H groups in total. The van der Waals surface area contributed by atoms with Gasteiger partial charge in [-0.25, -0.2) is 0 Å². The Hall–Kier alpha value is -1.26. The zero-order chi connectivity index (χ0) is 11.3. The Morgan fingerprint density at radius 3 is 2.40 bits per heavy atom. The monoisotopic (exact) mass is 211 g/mol. The Morgan fingerprint density at radius 2 is 1.87 bits per heavy atom. The van der Waals surface area contributed by atoms with Crippen molar-refractivity contribution in [2.24, 2.45) is 0 Å². The molecule has 0 atom stereocenters. The van der Waals surface area contributed by atoms with E-state index in [1.807, 2.05) is 25.2 Å². The fourth-order valence-corrected chi connectivity index (χ4v) is 1.34. The van der Waals surface area contributed by atoms with E-state index in [0.717, 1.165) is 5.56 Å². The molecule has 4 nitrogen and oxygen atoms in total. The van der Waals surface area contributed by atoms with Crippen molar-refractivity contribution in [1.29, 1.82) is 0 Å². The summed E-state index contributed by atoms with van der Waals surface area (Å²) in [7, 11) is 5.06. The van der Waals surface area contributed by atoms with Gasteiger partial charge in [-0.3, -0.25) is 4.90 Å². The lowest BCUT2D eigenvalue weighted by Crippen LogP contribution is -2.18. The van der Waals surface area contributed by atoms with Crippen LogP contribution in [0.1, 0.15) is 5.56 Å². The third-order valence-electron chi connectivity index (χ3n) is 2.14. The van der Waals surface area contributed by atoms with Crippen molar-refractivity contribution in [3.63, 3.8) is 0 Å². The van der Waals surface area contributed by atoms with Gasteiger partial charge in [0.2, 0.25) is 0 Å². The van der Waals surface area contributed by atoms with Crippen LogP contribution < -0.4 is 9.47 Å². The van der Waals surface area contributed by atoms with Crippen LogP contribution in [0.2, 0.25) is 0 Å². The predicted octanol–water partition coefficient (Wildman–Crippen LogP) is 1.09. The minimum atomic E-state index is 0.0361. The van der Waals surface area contributed by atoms with Crippen LogP contribution in [0.3, 0.4) is 0 Å². The van der Waals surface area contributed by atoms with Crippen molar-refractivity contribution < 1.29 is 14.6 Å². The molecule has 0 bridgehead atoms. The second-order valence-electron chi connectivity index (χ2n) is 3.34. The Morgan fingerprint density at radius 1 is 1.20 bits per heavy atom. The lowest BCUT2D eigenvalue weighted by atomic mass is 10.2. The van der Waals surface area contributed by atoms with Crippen LogP contribution in [0, 0.1) is 0 Å². The summed E-state index contributed by atoms with van der Waals surface area (Å²) in [5.74, 6) is 1.43. The molecule has 0 spiro atoms. The second-order valence-corrected chi connectivity index (χ2v) is 3.34. The molecule has 1 aromatic rings. The first-order valence-corrected chi connectivity index (χ1v) is 4.71. The van der Waals surface area contributed by atoms with Crippen molar-refractivity contribution in [1.82, 2.24) is 4.90 Å². The summed E-state index contributed by atoms with van der Waals surface area (Å²) < 4.78 is 10.3. The molecule has 84 valence electrons. The highest BCUT2D eigenvalue weighted by molar-refractivity contribution is 5.42. The summed E-state index contributed by atoms with van der Waals surface area (Å²) in [6.45, 7) is 0.713. The maximum Gasteiger partial charge on any atom is 0.161 e. The van der Waals surface area contributed by atoms with E-state index in [1.54, 1.807) is 19.1 Å². The van der Waals surface area contributed by atoms with Crippen LogP contribution in [-0.4, -0.2) is 38.0 Å². The first-order chi connectivity index (χ1) is 7.21. The van der Waals surface area contributed by atoms with Gasteiger partial charge in [0.05, 0.1) is 21.0 Å². The van der Waals surface area contributed by atoms with Crippen molar-refractivity contribution in [2.45, 2.75) is 6.54 Å². The molecular weight excluding hydrogens is 194 g/mol. The van der Waals surface area contributed by atoms with E-state index in [1.165, 1.54) is 0 Å². The molecule has 1 aromatic carbocycles. The van der Waals surface area contributed by atoms with Crippen LogP contribution in [-0.2, 0) is 6.54 Å². The van der Waals surface area contributed by atoms with Gasteiger partial charge >= 0.3 is 0 Å². The number of rotatable bonds is 5. The molecule has 15 heavy (non-hydrogen) atoms. The normalized spacial score (nSPS) is 10.5. The lowest BCUT2D eigenvalue weighted by molar-refractivity contribution is 0.127. The smallest absolute Gasteiger partial charge is 0.161 e. The van der Waals surface area contributed by atoms with Gasteiger partial charge in [-0.2, -0.15) is 0 Å². The summed E-state index contributed by atoms with van der Waals surface area (Å²) in [5.41, 5.74) is 1.07. The van der Waals surface area contributed by atoms with E-state index in [0.29, 0.717) is 18.0 Å². The van der Waals surface area contributed by atoms with Crippen molar-refractivity contribution in [3.8, 4) is 11.5 Å². The fourth-order valence-electron chi connectivity index (χ4n) is 1.34. The summed E-state index contributed by atoms with van der Waals surface area (Å²) >= 11 is 0. The molecule has 0 aromatic heterocycles. The highest BCUT2D eigenvalue weighted by atomic mass is 16.5. The minimum absolute atomic E-state index is 0.0361. The summed E-state index contributed by atoms with van der Waals surface area (Å²) in [5, 5.41) is 8.89. The van der Waals surface area contributed by atoms with Gasteiger partial charge in [-0.05, 0) is 24.7 Å². The van der Waals surface area contributed by atoms with Crippen LogP contribution in [0.25, 0.3) is 0 Å². The van der Waals surface area contributed by atoms with Gasteiger partial charge in [0.25, 0.3) is 0 Å². The van der Waals surface area contributed by atoms with Gasteiger partial charge in [-0.15, -0.1) is 0 Å². The number of aliphatic hydroxyl groups is 1. The maximum atomic E-state index is 8.89. The molecule has 0 saturated carbocycles. The van der Waals surface area contributed by atoms with Crippen molar-refractivity contribution >= 4 is 0 Å². The summed E-state index contributed by atoms with van der Waals surface area (Å²) in [6, 6.07) is 5.72. The quantitative estimate of drug-likeness (QED) is 0.740. The third kappa shape index (κ3) is 3.11. The Kier molecular flexibility index (Phi) is 4.39. The summed E-state index contributed by atoms with van der Waals surface area (Å²) in [6.07, 6.45) is 0. The van der Waals surface area contributed by atoms with Crippen molar-refractivity contribution in [3.05, 3.63) is 23.8 Å². The number of hydrogen-bond donors (Lipinski definition) is 1. The van der Waals surface area contributed by atoms with Gasteiger partial charge in [0.15, 0.2) is 11.5 Å². The van der Waals surface area contributed by atoms with Crippen LogP contribution in [0.5, 0.6) is 11.5 Å². The average molecular weight is 211 g/mol. The molecule has 0 aliphatic carbocycles. The molecule has 0 saturated heterocycles. The maximum absolute atomic E-state index is 8.89. The molecule has 0 aliphatic heterocycles. The zero-order valence-electron chi connectivity index (χ0n) is 9.36. The topological polar surface area (TPSA) is 41.9 Å². The van der Waals surface area contributed by atoms with Gasteiger partial charge in [-0.1, -0.05) is 6.07 Å². The molecule has 4 heteroatoms. The number of aliphatic hydroxyl groups excluding tert-OH is 1. The third-order valence-corrected chi connectivity index (χ3v) is 2.14. The number of hydrogen-bond acceptors (Lipinski definition) is 4. The Labute approximate surface area is 90.0 Å². The molecule has 0 radical (unpaired) electrons. The average Bonchev–Trinajstić information content (AvgIpc) is 2.28. The zero-order valence-corrected chi connectivity index (χ0v) is 9.36. The van der Waals surface area contributed by atoms with Crippen LogP contribution >= 0.6 is 0 Å².